The Bertz CT molecular complexity index is 1330. The number of rotatable bonds is 10. The number of aliphatic hydroxyl groups excluding tert-OH is 6. The molecule has 2 aromatic carbocycles. The third-order valence-electron chi connectivity index (χ3n) is 7.31. The number of hydrogen-bond donors (Lipinski definition) is 8. The Morgan fingerprint density at radius 1 is 0.795 bits per heavy atom. The van der Waals surface area contributed by atoms with Gasteiger partial charge in [0.2, 0.25) is 6.29 Å². The van der Waals surface area contributed by atoms with Crippen LogP contribution in [-0.4, -0.2) is 129 Å². The minimum Gasteiger partial charge on any atom is -0.507 e. The van der Waals surface area contributed by atoms with E-state index < -0.39 is 79.6 Å². The Morgan fingerprint density at radius 2 is 1.45 bits per heavy atom. The van der Waals surface area contributed by atoms with E-state index >= 15 is 0 Å². The van der Waals surface area contributed by atoms with Crippen molar-refractivity contribution in [1.82, 2.24) is 0 Å². The van der Waals surface area contributed by atoms with Crippen molar-refractivity contribution < 1.29 is 74.1 Å². The van der Waals surface area contributed by atoms with Gasteiger partial charge in [0.1, 0.15) is 65.5 Å². The van der Waals surface area contributed by atoms with Crippen molar-refractivity contribution in [2.45, 2.75) is 68.3 Å². The fourth-order valence-electron chi connectivity index (χ4n) is 4.75. The molecule has 2 fully saturated rings. The zero-order valence-electron chi connectivity index (χ0n) is 24.0. The lowest BCUT2D eigenvalue weighted by molar-refractivity contribution is -0.318. The van der Waals surface area contributed by atoms with E-state index in [0.29, 0.717) is 5.56 Å². The predicted molar refractivity (Wildman–Crippen MR) is 148 cm³/mol. The van der Waals surface area contributed by atoms with E-state index in [1.807, 2.05) is 0 Å². The lowest BCUT2D eigenvalue weighted by atomic mass is 9.98. The van der Waals surface area contributed by atoms with E-state index in [4.69, 9.17) is 28.4 Å². The molecule has 4 rings (SSSR count). The third-order valence-corrected chi connectivity index (χ3v) is 7.31. The summed E-state index contributed by atoms with van der Waals surface area (Å²) in [6.07, 6.45) is -12.4. The number of methoxy groups -OCH3 is 2. The zero-order valence-corrected chi connectivity index (χ0v) is 24.0. The summed E-state index contributed by atoms with van der Waals surface area (Å²) < 4.78 is 32.3. The summed E-state index contributed by atoms with van der Waals surface area (Å²) >= 11 is 0. The summed E-state index contributed by atoms with van der Waals surface area (Å²) in [6.45, 7) is 0.958. The molecule has 15 nitrogen and oxygen atoms in total. The summed E-state index contributed by atoms with van der Waals surface area (Å²) in [5.74, 6) is -1.31. The first-order chi connectivity index (χ1) is 20.9. The molecular weight excluding hydrogens is 588 g/mol. The van der Waals surface area contributed by atoms with Crippen LogP contribution in [-0.2, 0) is 14.2 Å². The maximum atomic E-state index is 12.9. The molecule has 2 aliphatic heterocycles. The molecule has 2 aromatic rings. The van der Waals surface area contributed by atoms with E-state index in [9.17, 15) is 45.6 Å². The van der Waals surface area contributed by atoms with Crippen LogP contribution < -0.4 is 14.2 Å². The van der Waals surface area contributed by atoms with Crippen molar-refractivity contribution in [2.75, 3.05) is 20.8 Å². The number of benzene rings is 2. The molecule has 2 saturated heterocycles. The standard InChI is InChI=1S/C29H36O15/c1-12-22(33)24(35)26(37)28(42-12)41-11-20-23(34)25(36)27(38)29(44-20)43-14-9-17(32)21(19(10-14)40-3)15(30)6-4-13-5-7-18(39-2)16(31)8-13/h4-10,12,20,22-29,31-38H,11H2,1-3H3/b6-4+/t12?,20?,22-,23+,24-,25+,26?,27?,28+,29+/m0/s1. The number of phenols is 2. The van der Waals surface area contributed by atoms with Crippen LogP contribution in [0.4, 0.5) is 0 Å². The number of aromatic hydroxyl groups is 2. The van der Waals surface area contributed by atoms with Gasteiger partial charge in [0.15, 0.2) is 23.6 Å². The topological polar surface area (TPSA) is 234 Å². The minimum absolute atomic E-state index is 0.101. The van der Waals surface area contributed by atoms with E-state index in [1.165, 1.54) is 45.4 Å². The molecule has 0 aromatic heterocycles. The highest BCUT2D eigenvalue weighted by molar-refractivity contribution is 6.10. The average molecular weight is 625 g/mol. The molecule has 0 aliphatic carbocycles. The van der Waals surface area contributed by atoms with E-state index in [1.54, 1.807) is 6.07 Å². The fraction of sp³-hybridized carbons (Fsp3) is 0.483. The summed E-state index contributed by atoms with van der Waals surface area (Å²) in [6, 6.07) is 6.80. The molecule has 0 saturated carbocycles. The average Bonchev–Trinajstić information content (AvgIpc) is 3.00. The van der Waals surface area contributed by atoms with Gasteiger partial charge in [-0.2, -0.15) is 0 Å². The molecule has 0 spiro atoms. The highest BCUT2D eigenvalue weighted by Crippen LogP contribution is 2.36. The van der Waals surface area contributed by atoms with Gasteiger partial charge in [-0.05, 0) is 30.7 Å². The molecule has 15 heteroatoms. The van der Waals surface area contributed by atoms with Crippen LogP contribution >= 0.6 is 0 Å². The number of hydrogen-bond acceptors (Lipinski definition) is 15. The summed E-state index contributed by atoms with van der Waals surface area (Å²) in [5.41, 5.74) is 0.263. The number of ketones is 1. The maximum absolute atomic E-state index is 12.9. The molecule has 242 valence electrons. The first kappa shape index (κ1) is 33.4. The van der Waals surface area contributed by atoms with Gasteiger partial charge >= 0.3 is 0 Å². The number of ether oxygens (including phenoxy) is 6. The first-order valence-electron chi connectivity index (χ1n) is 13.5. The Hall–Kier alpha value is -3.51. The van der Waals surface area contributed by atoms with E-state index in [0.717, 1.165) is 12.1 Å². The zero-order chi connectivity index (χ0) is 32.3. The number of allylic oxidation sites excluding steroid dienone is 1. The van der Waals surface area contributed by atoms with Gasteiger partial charge in [0.25, 0.3) is 0 Å². The molecule has 2 aliphatic rings. The maximum Gasteiger partial charge on any atom is 0.229 e. The van der Waals surface area contributed by atoms with E-state index in [2.05, 4.69) is 0 Å². The van der Waals surface area contributed by atoms with Crippen LogP contribution in [0.25, 0.3) is 6.08 Å². The smallest absolute Gasteiger partial charge is 0.229 e. The first-order valence-corrected chi connectivity index (χ1v) is 13.5. The van der Waals surface area contributed by atoms with Gasteiger partial charge in [0, 0.05) is 12.1 Å². The van der Waals surface area contributed by atoms with Crippen molar-refractivity contribution in [2.24, 2.45) is 0 Å². The second-order valence-corrected chi connectivity index (χ2v) is 10.3. The molecule has 8 N–H and O–H groups in total. The Morgan fingerprint density at radius 3 is 2.11 bits per heavy atom. The van der Waals surface area contributed by atoms with Crippen molar-refractivity contribution in [3.05, 3.63) is 47.5 Å². The monoisotopic (exact) mass is 624 g/mol. The number of carbonyl (C=O) groups is 1. The summed E-state index contributed by atoms with van der Waals surface area (Å²) in [5, 5.41) is 82.0. The van der Waals surface area contributed by atoms with Crippen molar-refractivity contribution >= 4 is 11.9 Å². The SMILES string of the molecule is COc1ccc(/C=C/C(=O)c2c(O)cc(O[C@@H]3OC(CO[C@@H]4OC(C)[C@H](O)[C@H](O)C4O)[C@@H](O)[C@@H](O)C3O)cc2OC)cc1O. The van der Waals surface area contributed by atoms with Crippen LogP contribution in [0.3, 0.4) is 0 Å². The van der Waals surface area contributed by atoms with Crippen LogP contribution in [0, 0.1) is 0 Å². The molecule has 44 heavy (non-hydrogen) atoms. The van der Waals surface area contributed by atoms with Crippen LogP contribution in [0.5, 0.6) is 28.7 Å². The minimum atomic E-state index is -1.77. The Labute approximate surface area is 251 Å². The van der Waals surface area contributed by atoms with Crippen molar-refractivity contribution in [1.29, 1.82) is 0 Å². The number of aliphatic hydroxyl groups is 6. The van der Waals surface area contributed by atoms with Gasteiger partial charge < -0.3 is 69.3 Å². The molecule has 4 unspecified atom stereocenters. The second-order valence-electron chi connectivity index (χ2n) is 10.3. The molecule has 2 heterocycles. The summed E-state index contributed by atoms with van der Waals surface area (Å²) in [4.78, 5) is 12.9. The highest BCUT2D eigenvalue weighted by Gasteiger charge is 2.47. The number of phenolic OH excluding ortho intramolecular Hbond substituents is 2. The normalized spacial score (nSPS) is 32.4. The predicted octanol–water partition coefficient (Wildman–Crippen LogP) is -0.958. The second kappa shape index (κ2) is 14.1. The fourth-order valence-corrected chi connectivity index (χ4v) is 4.75. The Kier molecular flexibility index (Phi) is 10.7. The van der Waals surface area contributed by atoms with Gasteiger partial charge in [0.05, 0.1) is 26.9 Å². The third kappa shape index (κ3) is 7.07. The van der Waals surface area contributed by atoms with E-state index in [-0.39, 0.29) is 28.6 Å². The van der Waals surface area contributed by atoms with Crippen LogP contribution in [0.1, 0.15) is 22.8 Å². The van der Waals surface area contributed by atoms with Gasteiger partial charge in [-0.15, -0.1) is 0 Å². The molecule has 0 radical (unpaired) electrons. The summed E-state index contributed by atoms with van der Waals surface area (Å²) in [7, 11) is 2.65. The largest absolute Gasteiger partial charge is 0.507 e. The van der Waals surface area contributed by atoms with Gasteiger partial charge in [-0.25, -0.2) is 0 Å². The molecular formula is C29H36O15. The Balaban J connectivity index is 1.46. The molecule has 0 bridgehead atoms. The van der Waals surface area contributed by atoms with Gasteiger partial charge in [-0.1, -0.05) is 12.1 Å². The van der Waals surface area contributed by atoms with Crippen molar-refractivity contribution in [3.63, 3.8) is 0 Å². The lowest BCUT2D eigenvalue weighted by Gasteiger charge is -2.42. The molecule has 0 amide bonds. The quantitative estimate of drug-likeness (QED) is 0.117. The highest BCUT2D eigenvalue weighted by atomic mass is 16.7. The van der Waals surface area contributed by atoms with Gasteiger partial charge in [-0.3, -0.25) is 4.79 Å². The number of carbonyl (C=O) groups excluding carboxylic acids is 1. The lowest BCUT2D eigenvalue weighted by Crippen LogP contribution is -2.61. The molecule has 10 atom stereocenters. The van der Waals surface area contributed by atoms with Crippen LogP contribution in [0.2, 0.25) is 0 Å². The van der Waals surface area contributed by atoms with Crippen molar-refractivity contribution in [3.8, 4) is 28.7 Å². The van der Waals surface area contributed by atoms with Crippen LogP contribution in [0.15, 0.2) is 36.4 Å².